The van der Waals surface area contributed by atoms with Gasteiger partial charge in [-0.1, -0.05) is 6.07 Å². The summed E-state index contributed by atoms with van der Waals surface area (Å²) >= 11 is 0. The molecule has 0 bridgehead atoms. The highest BCUT2D eigenvalue weighted by molar-refractivity contribution is 5.95. The van der Waals surface area contributed by atoms with Crippen LogP contribution in [0.3, 0.4) is 0 Å². The van der Waals surface area contributed by atoms with Gasteiger partial charge < -0.3 is 14.1 Å². The molecule has 4 rings (SSSR count). The standard InChI is InChI=1S/C18H20N2O3/c1-20(18(21)14-6-9-22-16(14)12-4-5-12)15-7-10-23-17(15)13-3-2-8-19-11-13/h2-3,6,8-9,11-12,15,17H,4-5,7,10H2,1H3/t15-,17+/m0/s1. The van der Waals surface area contributed by atoms with Crippen LogP contribution in [0.15, 0.2) is 41.3 Å². The molecule has 1 amide bonds. The van der Waals surface area contributed by atoms with E-state index in [2.05, 4.69) is 4.98 Å². The summed E-state index contributed by atoms with van der Waals surface area (Å²) in [4.78, 5) is 18.9. The Balaban J connectivity index is 1.56. The zero-order chi connectivity index (χ0) is 15.8. The fraction of sp³-hybridized carbons (Fsp3) is 0.444. The molecule has 1 saturated carbocycles. The van der Waals surface area contributed by atoms with Gasteiger partial charge in [0, 0.05) is 37.5 Å². The number of hydrogen-bond donors (Lipinski definition) is 0. The largest absolute Gasteiger partial charge is 0.468 e. The molecule has 1 aliphatic carbocycles. The van der Waals surface area contributed by atoms with E-state index in [4.69, 9.17) is 9.15 Å². The highest BCUT2D eigenvalue weighted by Gasteiger charge is 2.38. The van der Waals surface area contributed by atoms with Gasteiger partial charge in [0.1, 0.15) is 11.9 Å². The topological polar surface area (TPSA) is 55.6 Å². The van der Waals surface area contributed by atoms with E-state index >= 15 is 0 Å². The first kappa shape index (κ1) is 14.5. The number of furan rings is 1. The molecule has 23 heavy (non-hydrogen) atoms. The van der Waals surface area contributed by atoms with E-state index in [0.717, 1.165) is 30.6 Å². The maximum atomic E-state index is 12.9. The van der Waals surface area contributed by atoms with Crippen molar-refractivity contribution in [2.75, 3.05) is 13.7 Å². The third-order valence-electron chi connectivity index (χ3n) is 4.76. The first-order valence-corrected chi connectivity index (χ1v) is 8.12. The molecule has 0 unspecified atom stereocenters. The number of amides is 1. The molecular formula is C18H20N2O3. The Hall–Kier alpha value is -2.14. The van der Waals surface area contributed by atoms with Crippen molar-refractivity contribution < 1.29 is 13.9 Å². The predicted octanol–water partition coefficient (Wildman–Crippen LogP) is 3.15. The maximum absolute atomic E-state index is 12.9. The SMILES string of the molecule is CN(C(=O)c1ccoc1C1CC1)[C@H]1CCO[C@@H]1c1cccnc1. The summed E-state index contributed by atoms with van der Waals surface area (Å²) in [5.41, 5.74) is 1.72. The number of rotatable bonds is 4. The van der Waals surface area contributed by atoms with Gasteiger partial charge in [-0.15, -0.1) is 0 Å². The minimum atomic E-state index is -0.117. The van der Waals surface area contributed by atoms with Crippen molar-refractivity contribution in [3.05, 3.63) is 53.7 Å². The monoisotopic (exact) mass is 312 g/mol. The summed E-state index contributed by atoms with van der Waals surface area (Å²) in [5, 5.41) is 0. The van der Waals surface area contributed by atoms with Gasteiger partial charge in [0.15, 0.2) is 0 Å². The summed E-state index contributed by atoms with van der Waals surface area (Å²) < 4.78 is 11.4. The van der Waals surface area contributed by atoms with Gasteiger partial charge in [0.25, 0.3) is 5.91 Å². The molecule has 0 spiro atoms. The average Bonchev–Trinajstić information content (AvgIpc) is 3.13. The molecule has 2 atom stereocenters. The van der Waals surface area contributed by atoms with Crippen molar-refractivity contribution in [3.63, 3.8) is 0 Å². The molecule has 0 radical (unpaired) electrons. The molecule has 5 nitrogen and oxygen atoms in total. The van der Waals surface area contributed by atoms with E-state index in [9.17, 15) is 4.79 Å². The lowest BCUT2D eigenvalue weighted by Gasteiger charge is -2.28. The van der Waals surface area contributed by atoms with E-state index < -0.39 is 0 Å². The van der Waals surface area contributed by atoms with Crippen molar-refractivity contribution in [3.8, 4) is 0 Å². The van der Waals surface area contributed by atoms with Gasteiger partial charge >= 0.3 is 0 Å². The predicted molar refractivity (Wildman–Crippen MR) is 84.1 cm³/mol. The van der Waals surface area contributed by atoms with E-state index in [1.807, 2.05) is 25.4 Å². The fourth-order valence-electron chi connectivity index (χ4n) is 3.34. The smallest absolute Gasteiger partial charge is 0.257 e. The van der Waals surface area contributed by atoms with Gasteiger partial charge in [0.05, 0.1) is 17.9 Å². The third-order valence-corrected chi connectivity index (χ3v) is 4.76. The zero-order valence-electron chi connectivity index (χ0n) is 13.1. The summed E-state index contributed by atoms with van der Waals surface area (Å²) in [7, 11) is 1.86. The van der Waals surface area contributed by atoms with Crippen LogP contribution in [-0.2, 0) is 4.74 Å². The third kappa shape index (κ3) is 2.65. The molecule has 2 fully saturated rings. The number of aromatic nitrogens is 1. The van der Waals surface area contributed by atoms with Gasteiger partial charge in [-0.3, -0.25) is 9.78 Å². The lowest BCUT2D eigenvalue weighted by atomic mass is 10.0. The molecule has 2 aliphatic rings. The molecule has 1 saturated heterocycles. The molecule has 3 heterocycles. The number of ether oxygens (including phenoxy) is 1. The first-order valence-electron chi connectivity index (χ1n) is 8.12. The quantitative estimate of drug-likeness (QED) is 0.870. The van der Waals surface area contributed by atoms with Crippen molar-refractivity contribution in [2.45, 2.75) is 37.3 Å². The number of pyridine rings is 1. The lowest BCUT2D eigenvalue weighted by Crippen LogP contribution is -2.39. The normalized spacial score (nSPS) is 23.9. The Kier molecular flexibility index (Phi) is 3.65. The van der Waals surface area contributed by atoms with E-state index in [-0.39, 0.29) is 18.1 Å². The minimum Gasteiger partial charge on any atom is -0.468 e. The molecule has 5 heteroatoms. The van der Waals surface area contributed by atoms with E-state index in [1.165, 1.54) is 0 Å². The number of carbonyl (C=O) groups excluding carboxylic acids is 1. The summed E-state index contributed by atoms with van der Waals surface area (Å²) in [6.07, 6.45) is 8.13. The maximum Gasteiger partial charge on any atom is 0.257 e. The molecule has 0 aromatic carbocycles. The van der Waals surface area contributed by atoms with Crippen LogP contribution in [0, 0.1) is 0 Å². The second kappa shape index (κ2) is 5.81. The Labute approximate surface area is 135 Å². The lowest BCUT2D eigenvalue weighted by molar-refractivity contribution is 0.0513. The van der Waals surface area contributed by atoms with Crippen LogP contribution in [0.25, 0.3) is 0 Å². The highest BCUT2D eigenvalue weighted by atomic mass is 16.5. The van der Waals surface area contributed by atoms with Crippen molar-refractivity contribution in [2.24, 2.45) is 0 Å². The number of nitrogens with zero attached hydrogens (tertiary/aromatic N) is 2. The summed E-state index contributed by atoms with van der Waals surface area (Å²) in [6, 6.07) is 5.72. The van der Waals surface area contributed by atoms with Gasteiger partial charge in [-0.25, -0.2) is 0 Å². The highest BCUT2D eigenvalue weighted by Crippen LogP contribution is 2.42. The van der Waals surface area contributed by atoms with Crippen LogP contribution in [0.4, 0.5) is 0 Å². The number of hydrogen-bond acceptors (Lipinski definition) is 4. The van der Waals surface area contributed by atoms with Gasteiger partial charge in [-0.2, -0.15) is 0 Å². The summed E-state index contributed by atoms with van der Waals surface area (Å²) in [5.74, 6) is 1.29. The number of likely N-dealkylation sites (N-methyl/N-ethyl adjacent to an activating group) is 1. The van der Waals surface area contributed by atoms with Crippen LogP contribution < -0.4 is 0 Å². The summed E-state index contributed by atoms with van der Waals surface area (Å²) in [6.45, 7) is 0.655. The molecular weight excluding hydrogens is 292 g/mol. The molecule has 2 aromatic heterocycles. The molecule has 2 aromatic rings. The van der Waals surface area contributed by atoms with Gasteiger partial charge in [-0.05, 0) is 31.4 Å². The first-order chi connectivity index (χ1) is 11.3. The molecule has 0 N–H and O–H groups in total. The Morgan fingerprint density at radius 2 is 2.17 bits per heavy atom. The average molecular weight is 312 g/mol. The Morgan fingerprint density at radius 3 is 2.91 bits per heavy atom. The Bertz CT molecular complexity index is 693. The second-order valence-electron chi connectivity index (χ2n) is 6.32. The Morgan fingerprint density at radius 1 is 1.30 bits per heavy atom. The van der Waals surface area contributed by atoms with Crippen molar-refractivity contribution >= 4 is 5.91 Å². The van der Waals surface area contributed by atoms with Crippen molar-refractivity contribution in [1.29, 1.82) is 0 Å². The minimum absolute atomic E-state index is 0.0186. The van der Waals surface area contributed by atoms with Crippen LogP contribution in [-0.4, -0.2) is 35.5 Å². The van der Waals surface area contributed by atoms with Crippen molar-refractivity contribution in [1.82, 2.24) is 9.88 Å². The fourth-order valence-corrected chi connectivity index (χ4v) is 3.34. The van der Waals surface area contributed by atoms with E-state index in [0.29, 0.717) is 18.1 Å². The zero-order valence-corrected chi connectivity index (χ0v) is 13.1. The second-order valence-corrected chi connectivity index (χ2v) is 6.32. The molecule has 120 valence electrons. The van der Waals surface area contributed by atoms with Crippen LogP contribution in [0.5, 0.6) is 0 Å². The van der Waals surface area contributed by atoms with Gasteiger partial charge in [0.2, 0.25) is 0 Å². The number of carbonyl (C=O) groups is 1. The van der Waals surface area contributed by atoms with Crippen LogP contribution in [0.1, 0.15) is 53.0 Å². The molecule has 1 aliphatic heterocycles. The van der Waals surface area contributed by atoms with Crippen LogP contribution >= 0.6 is 0 Å². The van der Waals surface area contributed by atoms with Crippen LogP contribution in [0.2, 0.25) is 0 Å². The van der Waals surface area contributed by atoms with E-state index in [1.54, 1.807) is 23.4 Å².